The lowest BCUT2D eigenvalue weighted by Crippen LogP contribution is -2.58. The Kier molecular flexibility index (Phi) is 6.15. The van der Waals surface area contributed by atoms with Gasteiger partial charge in [-0.15, -0.1) is 0 Å². The molecule has 2 nitrogen and oxygen atoms in total. The van der Waals surface area contributed by atoms with Crippen LogP contribution >= 0.6 is 0 Å². The molecular formula is C17H34N2. The predicted molar refractivity (Wildman–Crippen MR) is 83.4 cm³/mol. The molecule has 2 fully saturated rings. The lowest BCUT2D eigenvalue weighted by Gasteiger charge is -2.49. The van der Waals surface area contributed by atoms with Crippen LogP contribution in [0.3, 0.4) is 0 Å². The van der Waals surface area contributed by atoms with Gasteiger partial charge >= 0.3 is 0 Å². The first-order chi connectivity index (χ1) is 9.32. The summed E-state index contributed by atoms with van der Waals surface area (Å²) in [5, 5.41) is 0. The number of likely N-dealkylation sites (N-methyl/N-ethyl adjacent to an activating group) is 1. The SMILES string of the molecule is CCN(C1CCCCC1)C1(CN)CCCCCCC1. The van der Waals surface area contributed by atoms with Crippen LogP contribution in [0.1, 0.15) is 84.0 Å². The van der Waals surface area contributed by atoms with Gasteiger partial charge in [0, 0.05) is 18.1 Å². The van der Waals surface area contributed by atoms with Crippen LogP contribution in [0.15, 0.2) is 0 Å². The van der Waals surface area contributed by atoms with Crippen molar-refractivity contribution in [3.8, 4) is 0 Å². The van der Waals surface area contributed by atoms with Crippen LogP contribution in [-0.4, -0.2) is 29.6 Å². The predicted octanol–water partition coefficient (Wildman–Crippen LogP) is 4.08. The summed E-state index contributed by atoms with van der Waals surface area (Å²) in [4.78, 5) is 2.83. The standard InChI is InChI=1S/C17H34N2/c1-2-19(16-11-7-6-8-12-16)17(15-18)13-9-4-3-5-10-14-17/h16H,2-15,18H2,1H3. The van der Waals surface area contributed by atoms with Crippen molar-refractivity contribution < 1.29 is 0 Å². The molecule has 2 aliphatic carbocycles. The third kappa shape index (κ3) is 3.72. The van der Waals surface area contributed by atoms with E-state index in [1.165, 1.54) is 83.6 Å². The van der Waals surface area contributed by atoms with Gasteiger partial charge in [0.2, 0.25) is 0 Å². The third-order valence-corrected chi connectivity index (χ3v) is 5.63. The summed E-state index contributed by atoms with van der Waals surface area (Å²) in [7, 11) is 0. The zero-order valence-corrected chi connectivity index (χ0v) is 13.0. The lowest BCUT2D eigenvalue weighted by molar-refractivity contribution is 0.0163. The molecule has 0 amide bonds. The summed E-state index contributed by atoms with van der Waals surface area (Å²) in [5.74, 6) is 0. The summed E-state index contributed by atoms with van der Waals surface area (Å²) in [6.45, 7) is 4.42. The largest absolute Gasteiger partial charge is 0.329 e. The Bertz CT molecular complexity index is 238. The van der Waals surface area contributed by atoms with E-state index in [0.717, 1.165) is 12.6 Å². The van der Waals surface area contributed by atoms with E-state index in [2.05, 4.69) is 11.8 Å². The number of rotatable bonds is 4. The zero-order valence-electron chi connectivity index (χ0n) is 13.0. The van der Waals surface area contributed by atoms with Crippen LogP contribution in [0.4, 0.5) is 0 Å². The highest BCUT2D eigenvalue weighted by molar-refractivity contribution is 4.95. The highest BCUT2D eigenvalue weighted by atomic mass is 15.2. The van der Waals surface area contributed by atoms with Gasteiger partial charge in [-0.2, -0.15) is 0 Å². The average molecular weight is 266 g/mol. The monoisotopic (exact) mass is 266 g/mol. The maximum Gasteiger partial charge on any atom is 0.0334 e. The fourth-order valence-corrected chi connectivity index (χ4v) is 4.55. The van der Waals surface area contributed by atoms with Gasteiger partial charge in [0.1, 0.15) is 0 Å². The van der Waals surface area contributed by atoms with Gasteiger partial charge in [0.25, 0.3) is 0 Å². The van der Waals surface area contributed by atoms with Crippen molar-refractivity contribution in [3.05, 3.63) is 0 Å². The Labute approximate surface area is 120 Å². The molecule has 2 rings (SSSR count). The van der Waals surface area contributed by atoms with Crippen LogP contribution in [0.2, 0.25) is 0 Å². The molecule has 0 aromatic rings. The fourth-order valence-electron chi connectivity index (χ4n) is 4.55. The number of hydrogen-bond donors (Lipinski definition) is 1. The highest BCUT2D eigenvalue weighted by Gasteiger charge is 2.38. The van der Waals surface area contributed by atoms with Crippen molar-refractivity contribution in [1.82, 2.24) is 4.90 Å². The van der Waals surface area contributed by atoms with Crippen LogP contribution in [0.5, 0.6) is 0 Å². The summed E-state index contributed by atoms with van der Waals surface area (Å²) < 4.78 is 0. The van der Waals surface area contributed by atoms with E-state index < -0.39 is 0 Å². The van der Waals surface area contributed by atoms with Gasteiger partial charge in [0.15, 0.2) is 0 Å². The number of hydrogen-bond acceptors (Lipinski definition) is 2. The summed E-state index contributed by atoms with van der Waals surface area (Å²) in [6, 6.07) is 0.821. The first-order valence-electron chi connectivity index (χ1n) is 8.79. The average Bonchev–Trinajstić information content (AvgIpc) is 2.43. The van der Waals surface area contributed by atoms with E-state index in [9.17, 15) is 0 Å². The molecule has 0 aliphatic heterocycles. The summed E-state index contributed by atoms with van der Waals surface area (Å²) in [6.07, 6.45) is 16.9. The highest BCUT2D eigenvalue weighted by Crippen LogP contribution is 2.36. The molecule has 0 atom stereocenters. The molecule has 2 aliphatic rings. The maximum absolute atomic E-state index is 6.30. The molecule has 2 N–H and O–H groups in total. The normalized spacial score (nSPS) is 26.1. The Balaban J connectivity index is 2.09. The molecule has 112 valence electrons. The molecule has 0 heterocycles. The minimum absolute atomic E-state index is 0.331. The summed E-state index contributed by atoms with van der Waals surface area (Å²) in [5.41, 5.74) is 6.63. The summed E-state index contributed by atoms with van der Waals surface area (Å²) >= 11 is 0. The lowest BCUT2D eigenvalue weighted by atomic mass is 9.80. The Morgan fingerprint density at radius 1 is 0.895 bits per heavy atom. The van der Waals surface area contributed by atoms with Gasteiger partial charge in [-0.25, -0.2) is 0 Å². The van der Waals surface area contributed by atoms with Gasteiger partial charge in [0.05, 0.1) is 0 Å². The molecule has 19 heavy (non-hydrogen) atoms. The first-order valence-corrected chi connectivity index (χ1v) is 8.79. The van der Waals surface area contributed by atoms with E-state index in [4.69, 9.17) is 5.73 Å². The second kappa shape index (κ2) is 7.64. The van der Waals surface area contributed by atoms with E-state index in [1.54, 1.807) is 0 Å². The van der Waals surface area contributed by atoms with E-state index in [-0.39, 0.29) is 0 Å². The molecule has 2 heteroatoms. The van der Waals surface area contributed by atoms with E-state index in [0.29, 0.717) is 5.54 Å². The quantitative estimate of drug-likeness (QED) is 0.830. The molecule has 0 unspecified atom stereocenters. The molecule has 0 aromatic carbocycles. The van der Waals surface area contributed by atoms with Crippen molar-refractivity contribution in [3.63, 3.8) is 0 Å². The Hall–Kier alpha value is -0.0800. The van der Waals surface area contributed by atoms with Crippen LogP contribution in [-0.2, 0) is 0 Å². The van der Waals surface area contributed by atoms with Crippen molar-refractivity contribution in [1.29, 1.82) is 0 Å². The van der Waals surface area contributed by atoms with E-state index in [1.807, 2.05) is 0 Å². The van der Waals surface area contributed by atoms with Gasteiger partial charge in [-0.05, 0) is 32.2 Å². The zero-order chi connectivity index (χ0) is 13.6. The van der Waals surface area contributed by atoms with Crippen LogP contribution in [0, 0.1) is 0 Å². The number of nitrogens with two attached hydrogens (primary N) is 1. The second-order valence-electron chi connectivity index (χ2n) is 6.77. The van der Waals surface area contributed by atoms with Crippen molar-refractivity contribution in [2.75, 3.05) is 13.1 Å². The molecule has 0 radical (unpaired) electrons. The molecule has 0 saturated heterocycles. The third-order valence-electron chi connectivity index (χ3n) is 5.63. The molecule has 2 saturated carbocycles. The van der Waals surface area contributed by atoms with Crippen molar-refractivity contribution in [2.24, 2.45) is 5.73 Å². The van der Waals surface area contributed by atoms with Gasteiger partial charge in [-0.1, -0.05) is 58.3 Å². The minimum Gasteiger partial charge on any atom is -0.329 e. The second-order valence-corrected chi connectivity index (χ2v) is 6.77. The maximum atomic E-state index is 6.30. The van der Waals surface area contributed by atoms with Crippen LogP contribution < -0.4 is 5.73 Å². The molecule has 0 aromatic heterocycles. The van der Waals surface area contributed by atoms with Gasteiger partial charge in [-0.3, -0.25) is 4.90 Å². The van der Waals surface area contributed by atoms with E-state index >= 15 is 0 Å². The minimum atomic E-state index is 0.331. The first kappa shape index (κ1) is 15.3. The molecular weight excluding hydrogens is 232 g/mol. The Morgan fingerprint density at radius 2 is 1.42 bits per heavy atom. The Morgan fingerprint density at radius 3 is 1.95 bits per heavy atom. The van der Waals surface area contributed by atoms with Crippen molar-refractivity contribution >= 4 is 0 Å². The van der Waals surface area contributed by atoms with Crippen molar-refractivity contribution in [2.45, 2.75) is 95.6 Å². The van der Waals surface area contributed by atoms with Gasteiger partial charge < -0.3 is 5.73 Å². The molecule has 0 spiro atoms. The van der Waals surface area contributed by atoms with Crippen LogP contribution in [0.25, 0.3) is 0 Å². The smallest absolute Gasteiger partial charge is 0.0334 e. The topological polar surface area (TPSA) is 29.3 Å². The fraction of sp³-hybridized carbons (Fsp3) is 1.00. The molecule has 0 bridgehead atoms. The number of nitrogens with zero attached hydrogens (tertiary/aromatic N) is 1.